The maximum atomic E-state index is 13.4. The minimum Gasteiger partial charge on any atom is -0.391 e. The van der Waals surface area contributed by atoms with Gasteiger partial charge in [-0.3, -0.25) is 9.59 Å². The number of nitrogens with zero attached hydrogens (tertiary/aromatic N) is 2. The number of aromatic nitrogens is 1. The zero-order chi connectivity index (χ0) is 21.5. The lowest BCUT2D eigenvalue weighted by Crippen LogP contribution is -2.35. The van der Waals surface area contributed by atoms with E-state index in [4.69, 9.17) is 0 Å². The molecule has 9 heteroatoms. The summed E-state index contributed by atoms with van der Waals surface area (Å²) in [4.78, 5) is 30.5. The van der Waals surface area contributed by atoms with Gasteiger partial charge >= 0.3 is 0 Å². The molecule has 1 atom stereocenters. The number of nitrogens with one attached hydrogen (secondary N) is 3. The summed E-state index contributed by atoms with van der Waals surface area (Å²) in [6.07, 6.45) is 0.816. The van der Waals surface area contributed by atoms with Gasteiger partial charge in [-0.15, -0.1) is 0 Å². The smallest absolute Gasteiger partial charge is 0.255 e. The topological polar surface area (TPSA) is 107 Å². The monoisotopic (exact) mass is 415 g/mol. The van der Waals surface area contributed by atoms with Crippen molar-refractivity contribution < 1.29 is 19.1 Å². The van der Waals surface area contributed by atoms with Crippen LogP contribution in [0.5, 0.6) is 0 Å². The van der Waals surface area contributed by atoms with E-state index < -0.39 is 12.0 Å². The fourth-order valence-corrected chi connectivity index (χ4v) is 3.25. The molecule has 0 saturated carbocycles. The zero-order valence-electron chi connectivity index (χ0n) is 16.8. The van der Waals surface area contributed by atoms with Crippen LogP contribution in [0.25, 0.3) is 0 Å². The Morgan fingerprint density at radius 2 is 2.13 bits per heavy atom. The van der Waals surface area contributed by atoms with Crippen molar-refractivity contribution in [2.75, 3.05) is 43.4 Å². The number of hydrogen-bond donors (Lipinski definition) is 4. The van der Waals surface area contributed by atoms with Crippen molar-refractivity contribution in [3.63, 3.8) is 0 Å². The number of hydrogen-bond acceptors (Lipinski definition) is 6. The molecule has 0 aliphatic carbocycles. The average molecular weight is 415 g/mol. The first-order chi connectivity index (χ1) is 14.5. The number of aliphatic hydroxyl groups is 1. The van der Waals surface area contributed by atoms with Crippen LogP contribution in [-0.4, -0.2) is 61.2 Å². The van der Waals surface area contributed by atoms with Crippen LogP contribution in [0.15, 0.2) is 36.4 Å². The lowest BCUT2D eigenvalue weighted by molar-refractivity contribution is -0.119. The average Bonchev–Trinajstić information content (AvgIpc) is 3.18. The Morgan fingerprint density at radius 3 is 2.83 bits per heavy atom. The Labute approximate surface area is 174 Å². The Hall–Kier alpha value is -3.20. The largest absolute Gasteiger partial charge is 0.391 e. The molecule has 2 heterocycles. The summed E-state index contributed by atoms with van der Waals surface area (Å²) in [7, 11) is 1.49. The number of anilines is 2. The van der Waals surface area contributed by atoms with Crippen LogP contribution in [0.4, 0.5) is 16.0 Å². The van der Waals surface area contributed by atoms with Crippen LogP contribution in [0.1, 0.15) is 22.3 Å². The Balaban J connectivity index is 1.74. The molecule has 1 fully saturated rings. The third-order valence-electron chi connectivity index (χ3n) is 4.90. The Morgan fingerprint density at radius 1 is 1.30 bits per heavy atom. The normalized spacial score (nSPS) is 15.7. The van der Waals surface area contributed by atoms with Gasteiger partial charge in [0.15, 0.2) is 0 Å². The molecule has 2 amide bonds. The van der Waals surface area contributed by atoms with Gasteiger partial charge in [0.25, 0.3) is 5.91 Å². The van der Waals surface area contributed by atoms with Crippen LogP contribution in [0.3, 0.4) is 0 Å². The molecule has 1 aliphatic rings. The second-order valence-corrected chi connectivity index (χ2v) is 7.12. The summed E-state index contributed by atoms with van der Waals surface area (Å²) >= 11 is 0. The van der Waals surface area contributed by atoms with E-state index in [-0.39, 0.29) is 18.3 Å². The second kappa shape index (κ2) is 10.0. The van der Waals surface area contributed by atoms with Crippen LogP contribution in [0.2, 0.25) is 0 Å². The summed E-state index contributed by atoms with van der Waals surface area (Å²) in [6.45, 7) is 1.47. The van der Waals surface area contributed by atoms with Crippen molar-refractivity contribution in [1.82, 2.24) is 15.6 Å². The summed E-state index contributed by atoms with van der Waals surface area (Å²) in [6, 6.07) is 9.72. The summed E-state index contributed by atoms with van der Waals surface area (Å²) < 4.78 is 13.4. The van der Waals surface area contributed by atoms with Crippen LogP contribution >= 0.6 is 0 Å². The molecule has 0 spiro atoms. The number of carbonyl (C=O) groups excluding carboxylic acids is 2. The number of aliphatic hydroxyl groups excluding tert-OH is 1. The highest BCUT2D eigenvalue weighted by Crippen LogP contribution is 2.23. The van der Waals surface area contributed by atoms with Crippen LogP contribution < -0.4 is 20.9 Å². The first-order valence-corrected chi connectivity index (χ1v) is 9.87. The van der Waals surface area contributed by atoms with E-state index in [9.17, 15) is 19.1 Å². The fraction of sp³-hybridized carbons (Fsp3) is 0.381. The van der Waals surface area contributed by atoms with Gasteiger partial charge in [0.05, 0.1) is 18.2 Å². The number of β-amino-alcohol motifs (C(OH)–C–C–N with tert-alkyl or cyclic N) is 1. The minimum atomic E-state index is -0.424. The minimum absolute atomic E-state index is 0.141. The summed E-state index contributed by atoms with van der Waals surface area (Å²) in [5.74, 6) is 0.00352. The van der Waals surface area contributed by atoms with E-state index in [0.29, 0.717) is 49.7 Å². The molecule has 1 saturated heterocycles. The van der Waals surface area contributed by atoms with E-state index in [0.717, 1.165) is 5.56 Å². The maximum absolute atomic E-state index is 13.4. The highest BCUT2D eigenvalue weighted by molar-refractivity contribution is 6.00. The third-order valence-corrected chi connectivity index (χ3v) is 4.90. The van der Waals surface area contributed by atoms with Crippen molar-refractivity contribution in [1.29, 1.82) is 0 Å². The predicted molar refractivity (Wildman–Crippen MR) is 112 cm³/mol. The van der Waals surface area contributed by atoms with Gasteiger partial charge in [0.1, 0.15) is 17.5 Å². The zero-order valence-corrected chi connectivity index (χ0v) is 16.8. The van der Waals surface area contributed by atoms with E-state index in [2.05, 4.69) is 20.9 Å². The van der Waals surface area contributed by atoms with E-state index >= 15 is 0 Å². The van der Waals surface area contributed by atoms with Gasteiger partial charge in [0, 0.05) is 26.7 Å². The molecule has 160 valence electrons. The van der Waals surface area contributed by atoms with Gasteiger partial charge in [-0.1, -0.05) is 12.1 Å². The van der Waals surface area contributed by atoms with Crippen molar-refractivity contribution in [2.24, 2.45) is 0 Å². The Bertz CT molecular complexity index is 908. The number of carbonyl (C=O) groups is 2. The molecule has 1 aromatic carbocycles. The molecular weight excluding hydrogens is 389 g/mol. The molecule has 8 nitrogen and oxygen atoms in total. The molecule has 0 unspecified atom stereocenters. The SMILES string of the molecule is CNC(=O)CNC(=O)c1ccc(N2CC[C@H](O)C2)nc1NCCc1cccc(F)c1. The molecular formula is C21H26FN5O3. The molecule has 4 N–H and O–H groups in total. The summed E-state index contributed by atoms with van der Waals surface area (Å²) in [5.41, 5.74) is 1.13. The highest BCUT2D eigenvalue weighted by Gasteiger charge is 2.23. The highest BCUT2D eigenvalue weighted by atomic mass is 19.1. The number of rotatable bonds is 8. The quantitative estimate of drug-likeness (QED) is 0.511. The van der Waals surface area contributed by atoms with Gasteiger partial charge in [-0.05, 0) is 42.7 Å². The van der Waals surface area contributed by atoms with Crippen molar-refractivity contribution >= 4 is 23.5 Å². The Kier molecular flexibility index (Phi) is 7.18. The van der Waals surface area contributed by atoms with Gasteiger partial charge in [0.2, 0.25) is 5.91 Å². The van der Waals surface area contributed by atoms with Gasteiger partial charge < -0.3 is 26.0 Å². The number of benzene rings is 1. The standard InChI is InChI=1S/C21H26FN5O3/c1-23-19(29)12-25-21(30)17-5-6-18(27-10-8-16(28)13-27)26-20(17)24-9-7-14-3-2-4-15(22)11-14/h2-6,11,16,28H,7-10,12-13H2,1H3,(H,23,29)(H,24,26)(H,25,30)/t16-/m0/s1. The molecule has 3 rings (SSSR count). The van der Waals surface area contributed by atoms with E-state index in [1.54, 1.807) is 18.2 Å². The van der Waals surface area contributed by atoms with Crippen molar-refractivity contribution in [3.8, 4) is 0 Å². The summed E-state index contributed by atoms with van der Waals surface area (Å²) in [5, 5.41) is 18.0. The first-order valence-electron chi connectivity index (χ1n) is 9.87. The lowest BCUT2D eigenvalue weighted by Gasteiger charge is -2.19. The number of amides is 2. The molecule has 1 aromatic heterocycles. The lowest BCUT2D eigenvalue weighted by atomic mass is 10.1. The fourth-order valence-electron chi connectivity index (χ4n) is 3.25. The van der Waals surface area contributed by atoms with Crippen molar-refractivity contribution in [3.05, 3.63) is 53.3 Å². The van der Waals surface area contributed by atoms with Gasteiger partial charge in [-0.2, -0.15) is 0 Å². The van der Waals surface area contributed by atoms with Crippen LogP contribution in [-0.2, 0) is 11.2 Å². The molecule has 0 radical (unpaired) electrons. The first kappa shape index (κ1) is 21.5. The predicted octanol–water partition coefficient (Wildman–Crippen LogP) is 0.922. The van der Waals surface area contributed by atoms with Crippen molar-refractivity contribution in [2.45, 2.75) is 18.9 Å². The molecule has 0 bridgehead atoms. The number of likely N-dealkylation sites (N-methyl/N-ethyl adjacent to an activating group) is 1. The molecule has 1 aliphatic heterocycles. The number of halogens is 1. The maximum Gasteiger partial charge on any atom is 0.255 e. The van der Waals surface area contributed by atoms with E-state index in [1.165, 1.54) is 19.2 Å². The molecule has 2 aromatic rings. The van der Waals surface area contributed by atoms with Crippen LogP contribution in [0, 0.1) is 5.82 Å². The molecule has 30 heavy (non-hydrogen) atoms. The second-order valence-electron chi connectivity index (χ2n) is 7.12. The third kappa shape index (κ3) is 5.66. The van der Waals surface area contributed by atoms with E-state index in [1.807, 2.05) is 11.0 Å². The number of pyridine rings is 1. The van der Waals surface area contributed by atoms with Gasteiger partial charge in [-0.25, -0.2) is 9.37 Å².